The molecule has 1 aromatic carbocycles. The highest BCUT2D eigenvalue weighted by Gasteiger charge is 2.25. The van der Waals surface area contributed by atoms with Crippen molar-refractivity contribution in [3.8, 4) is 17.4 Å². The SMILES string of the molecule is COc1cccc(C(=O)NC2CCC(Oc3ccc(Cl)cn3)CC2)c1OC. The molecule has 144 valence electrons. The molecule has 1 aliphatic carbocycles. The molecule has 1 aromatic heterocycles. The summed E-state index contributed by atoms with van der Waals surface area (Å²) in [6.07, 6.45) is 5.06. The zero-order chi connectivity index (χ0) is 19.2. The zero-order valence-electron chi connectivity index (χ0n) is 15.4. The number of nitrogens with one attached hydrogen (secondary N) is 1. The number of nitrogens with zero attached hydrogens (tertiary/aromatic N) is 1. The normalized spacial score (nSPS) is 19.2. The molecular formula is C20H23ClN2O4. The fraction of sp³-hybridized carbons (Fsp3) is 0.400. The van der Waals surface area contributed by atoms with E-state index in [1.807, 2.05) is 0 Å². The van der Waals surface area contributed by atoms with Crippen LogP contribution >= 0.6 is 11.6 Å². The van der Waals surface area contributed by atoms with Crippen molar-refractivity contribution in [3.05, 3.63) is 47.1 Å². The van der Waals surface area contributed by atoms with Gasteiger partial charge >= 0.3 is 0 Å². The maximum absolute atomic E-state index is 12.7. The molecule has 0 radical (unpaired) electrons. The van der Waals surface area contributed by atoms with Crippen molar-refractivity contribution in [3.63, 3.8) is 0 Å². The number of aromatic nitrogens is 1. The van der Waals surface area contributed by atoms with E-state index in [0.717, 1.165) is 25.7 Å². The minimum absolute atomic E-state index is 0.0955. The largest absolute Gasteiger partial charge is 0.493 e. The summed E-state index contributed by atoms with van der Waals surface area (Å²) >= 11 is 5.84. The summed E-state index contributed by atoms with van der Waals surface area (Å²) in [5, 5.41) is 3.67. The van der Waals surface area contributed by atoms with Crippen LogP contribution in [0.3, 0.4) is 0 Å². The number of methoxy groups -OCH3 is 2. The summed E-state index contributed by atoms with van der Waals surface area (Å²) in [7, 11) is 3.08. The molecule has 3 rings (SSSR count). The Labute approximate surface area is 163 Å². The summed E-state index contributed by atoms with van der Waals surface area (Å²) in [5.74, 6) is 1.41. The van der Waals surface area contributed by atoms with Crippen molar-refractivity contribution < 1.29 is 19.0 Å². The minimum atomic E-state index is -0.158. The van der Waals surface area contributed by atoms with Gasteiger partial charge in [-0.2, -0.15) is 0 Å². The van der Waals surface area contributed by atoms with Crippen molar-refractivity contribution in [2.75, 3.05) is 14.2 Å². The second-order valence-electron chi connectivity index (χ2n) is 6.42. The first kappa shape index (κ1) is 19.3. The molecule has 2 aromatic rings. The van der Waals surface area contributed by atoms with Crippen molar-refractivity contribution in [1.29, 1.82) is 0 Å². The molecule has 1 N–H and O–H groups in total. The van der Waals surface area contributed by atoms with Gasteiger partial charge in [0.2, 0.25) is 5.88 Å². The Bertz CT molecular complexity index is 774. The molecule has 6 nitrogen and oxygen atoms in total. The summed E-state index contributed by atoms with van der Waals surface area (Å²) in [5.41, 5.74) is 0.473. The summed E-state index contributed by atoms with van der Waals surface area (Å²) < 4.78 is 16.5. The van der Waals surface area contributed by atoms with E-state index in [2.05, 4.69) is 10.3 Å². The van der Waals surface area contributed by atoms with Crippen molar-refractivity contribution in [2.45, 2.75) is 37.8 Å². The van der Waals surface area contributed by atoms with Crippen molar-refractivity contribution in [2.24, 2.45) is 0 Å². The molecule has 0 atom stereocenters. The lowest BCUT2D eigenvalue weighted by atomic mass is 9.92. The van der Waals surface area contributed by atoms with Crippen LogP contribution in [0, 0.1) is 0 Å². The number of para-hydroxylation sites is 1. The first-order chi connectivity index (χ1) is 13.1. The lowest BCUT2D eigenvalue weighted by Gasteiger charge is -2.29. The van der Waals surface area contributed by atoms with E-state index in [1.165, 1.54) is 7.11 Å². The predicted molar refractivity (Wildman–Crippen MR) is 103 cm³/mol. The molecule has 0 aliphatic heterocycles. The highest BCUT2D eigenvalue weighted by atomic mass is 35.5. The molecule has 7 heteroatoms. The van der Waals surface area contributed by atoms with Gasteiger partial charge in [-0.05, 0) is 43.9 Å². The second-order valence-corrected chi connectivity index (χ2v) is 6.86. The summed E-state index contributed by atoms with van der Waals surface area (Å²) in [6.45, 7) is 0. The lowest BCUT2D eigenvalue weighted by molar-refractivity contribution is 0.0886. The first-order valence-electron chi connectivity index (χ1n) is 8.90. The smallest absolute Gasteiger partial charge is 0.255 e. The Balaban J connectivity index is 1.54. The molecule has 1 fully saturated rings. The Kier molecular flexibility index (Phi) is 6.40. The zero-order valence-corrected chi connectivity index (χ0v) is 16.2. The molecule has 0 saturated heterocycles. The maximum Gasteiger partial charge on any atom is 0.255 e. The third-order valence-electron chi connectivity index (χ3n) is 4.64. The van der Waals surface area contributed by atoms with Crippen LogP contribution < -0.4 is 19.5 Å². The van der Waals surface area contributed by atoms with E-state index in [4.69, 9.17) is 25.8 Å². The Morgan fingerprint density at radius 2 is 1.89 bits per heavy atom. The number of carbonyl (C=O) groups excluding carboxylic acids is 1. The van der Waals surface area contributed by atoms with Crippen LogP contribution in [0.5, 0.6) is 17.4 Å². The highest BCUT2D eigenvalue weighted by molar-refractivity contribution is 6.30. The molecule has 27 heavy (non-hydrogen) atoms. The average molecular weight is 391 g/mol. The third-order valence-corrected chi connectivity index (χ3v) is 4.87. The Hall–Kier alpha value is -2.47. The van der Waals surface area contributed by atoms with Gasteiger partial charge in [0.25, 0.3) is 5.91 Å². The van der Waals surface area contributed by atoms with Crippen LogP contribution in [0.4, 0.5) is 0 Å². The first-order valence-corrected chi connectivity index (χ1v) is 9.28. The predicted octanol–water partition coefficient (Wildman–Crippen LogP) is 3.87. The topological polar surface area (TPSA) is 69.7 Å². The molecule has 1 aliphatic rings. The number of ether oxygens (including phenoxy) is 3. The lowest BCUT2D eigenvalue weighted by Crippen LogP contribution is -2.39. The van der Waals surface area contributed by atoms with Gasteiger partial charge < -0.3 is 19.5 Å². The number of hydrogen-bond donors (Lipinski definition) is 1. The number of hydrogen-bond acceptors (Lipinski definition) is 5. The molecule has 0 spiro atoms. The van der Waals surface area contributed by atoms with Gasteiger partial charge in [0, 0.05) is 18.3 Å². The van der Waals surface area contributed by atoms with Gasteiger partial charge in [-0.25, -0.2) is 4.98 Å². The monoisotopic (exact) mass is 390 g/mol. The third kappa shape index (κ3) is 4.83. The highest BCUT2D eigenvalue weighted by Crippen LogP contribution is 2.31. The average Bonchev–Trinajstić information content (AvgIpc) is 2.70. The Morgan fingerprint density at radius 1 is 1.11 bits per heavy atom. The standard InChI is InChI=1S/C20H23ClN2O4/c1-25-17-5-3-4-16(19(17)26-2)20(24)23-14-7-9-15(10-8-14)27-18-11-6-13(21)12-22-18/h3-6,11-12,14-15H,7-10H2,1-2H3,(H,23,24). The number of benzene rings is 1. The van der Waals surface area contributed by atoms with Gasteiger partial charge in [0.15, 0.2) is 11.5 Å². The maximum atomic E-state index is 12.7. The van der Waals surface area contributed by atoms with Crippen LogP contribution in [-0.2, 0) is 0 Å². The van der Waals surface area contributed by atoms with E-state index >= 15 is 0 Å². The summed E-state index contributed by atoms with van der Waals surface area (Å²) in [4.78, 5) is 16.8. The molecular weight excluding hydrogens is 368 g/mol. The van der Waals surface area contributed by atoms with E-state index in [0.29, 0.717) is 28.0 Å². The van der Waals surface area contributed by atoms with Crippen LogP contribution in [0.25, 0.3) is 0 Å². The van der Waals surface area contributed by atoms with Gasteiger partial charge in [0.1, 0.15) is 6.10 Å². The molecule has 0 unspecified atom stereocenters. The minimum Gasteiger partial charge on any atom is -0.493 e. The van der Waals surface area contributed by atoms with E-state index in [-0.39, 0.29) is 18.1 Å². The number of amides is 1. The van der Waals surface area contributed by atoms with Gasteiger partial charge in [-0.15, -0.1) is 0 Å². The fourth-order valence-electron chi connectivity index (χ4n) is 3.26. The molecule has 1 heterocycles. The number of carbonyl (C=O) groups is 1. The Morgan fingerprint density at radius 3 is 2.52 bits per heavy atom. The van der Waals surface area contributed by atoms with E-state index in [9.17, 15) is 4.79 Å². The van der Waals surface area contributed by atoms with Gasteiger partial charge in [-0.3, -0.25) is 4.79 Å². The van der Waals surface area contributed by atoms with Crippen LogP contribution in [0.1, 0.15) is 36.0 Å². The van der Waals surface area contributed by atoms with E-state index in [1.54, 1.807) is 43.6 Å². The molecule has 0 bridgehead atoms. The number of rotatable bonds is 6. The van der Waals surface area contributed by atoms with Gasteiger partial charge in [-0.1, -0.05) is 17.7 Å². The fourth-order valence-corrected chi connectivity index (χ4v) is 3.37. The molecule has 1 saturated carbocycles. The van der Waals surface area contributed by atoms with Crippen molar-refractivity contribution in [1.82, 2.24) is 10.3 Å². The quantitative estimate of drug-likeness (QED) is 0.810. The van der Waals surface area contributed by atoms with Crippen LogP contribution in [-0.4, -0.2) is 37.3 Å². The second kappa shape index (κ2) is 8.95. The van der Waals surface area contributed by atoms with Crippen LogP contribution in [0.2, 0.25) is 5.02 Å². The number of halogens is 1. The molecule has 1 amide bonds. The van der Waals surface area contributed by atoms with Crippen LogP contribution in [0.15, 0.2) is 36.5 Å². The van der Waals surface area contributed by atoms with E-state index < -0.39 is 0 Å². The van der Waals surface area contributed by atoms with Crippen molar-refractivity contribution >= 4 is 17.5 Å². The number of pyridine rings is 1. The summed E-state index contributed by atoms with van der Waals surface area (Å²) in [6, 6.07) is 8.91. The van der Waals surface area contributed by atoms with Gasteiger partial charge in [0.05, 0.1) is 24.8 Å².